The SMILES string of the molecule is [2H]C([2H])([2H])Oc1ccc2cc(C(=O)Nc3ccc4c(c3)CN(C3CCC(=O)NC3=O)C4=O)ccc2c1. The Bertz CT molecular complexity index is 1440. The van der Waals surface area contributed by atoms with Gasteiger partial charge in [0.05, 0.1) is 11.2 Å². The minimum Gasteiger partial charge on any atom is -0.497 e. The highest BCUT2D eigenvalue weighted by Gasteiger charge is 2.39. The zero-order valence-electron chi connectivity index (χ0n) is 20.4. The van der Waals surface area contributed by atoms with Crippen molar-refractivity contribution in [3.05, 3.63) is 71.3 Å². The fourth-order valence-corrected chi connectivity index (χ4v) is 4.28. The van der Waals surface area contributed by atoms with Gasteiger partial charge in [0, 0.05) is 29.8 Å². The van der Waals surface area contributed by atoms with Crippen molar-refractivity contribution in [2.45, 2.75) is 25.4 Å². The number of nitrogens with zero attached hydrogens (tertiary/aromatic N) is 1. The van der Waals surface area contributed by atoms with Crippen LogP contribution in [0.1, 0.15) is 43.2 Å². The van der Waals surface area contributed by atoms with Gasteiger partial charge in [-0.25, -0.2) is 0 Å². The molecule has 2 heterocycles. The van der Waals surface area contributed by atoms with Crippen LogP contribution < -0.4 is 15.4 Å². The van der Waals surface area contributed by atoms with Crippen molar-refractivity contribution in [2.75, 3.05) is 12.4 Å². The first-order valence-electron chi connectivity index (χ1n) is 11.9. The van der Waals surface area contributed by atoms with Gasteiger partial charge in [-0.15, -0.1) is 0 Å². The van der Waals surface area contributed by atoms with Gasteiger partial charge in [-0.3, -0.25) is 24.5 Å². The molecule has 0 saturated carbocycles. The summed E-state index contributed by atoms with van der Waals surface area (Å²) < 4.78 is 26.6. The number of amides is 4. The smallest absolute Gasteiger partial charge is 0.255 e. The molecule has 1 fully saturated rings. The lowest BCUT2D eigenvalue weighted by atomic mass is 10.0. The predicted molar refractivity (Wildman–Crippen MR) is 121 cm³/mol. The molecule has 0 radical (unpaired) electrons. The number of hydrogen-bond acceptors (Lipinski definition) is 5. The summed E-state index contributed by atoms with van der Waals surface area (Å²) in [4.78, 5) is 50.8. The molecule has 0 spiro atoms. The van der Waals surface area contributed by atoms with Crippen LogP contribution in [0.2, 0.25) is 0 Å². The van der Waals surface area contributed by atoms with Crippen LogP contribution in [0.5, 0.6) is 5.75 Å². The fourth-order valence-electron chi connectivity index (χ4n) is 4.28. The van der Waals surface area contributed by atoms with Crippen LogP contribution in [0.3, 0.4) is 0 Å². The van der Waals surface area contributed by atoms with Crippen molar-refractivity contribution >= 4 is 40.1 Å². The molecule has 0 bridgehead atoms. The summed E-state index contributed by atoms with van der Waals surface area (Å²) >= 11 is 0. The quantitative estimate of drug-likeness (QED) is 0.600. The highest BCUT2D eigenvalue weighted by atomic mass is 16.5. The average molecular weight is 446 g/mol. The second-order valence-electron chi connectivity index (χ2n) is 8.05. The van der Waals surface area contributed by atoms with Crippen molar-refractivity contribution in [3.63, 3.8) is 0 Å². The van der Waals surface area contributed by atoms with Crippen LogP contribution in [-0.2, 0) is 16.1 Å². The summed E-state index contributed by atoms with van der Waals surface area (Å²) in [5.41, 5.74) is 2.04. The molecule has 8 nitrogen and oxygen atoms in total. The maximum Gasteiger partial charge on any atom is 0.255 e. The van der Waals surface area contributed by atoms with Gasteiger partial charge in [0.2, 0.25) is 11.8 Å². The summed E-state index contributed by atoms with van der Waals surface area (Å²) in [7, 11) is -2.55. The van der Waals surface area contributed by atoms with E-state index in [4.69, 9.17) is 8.85 Å². The van der Waals surface area contributed by atoms with Crippen LogP contribution in [0.15, 0.2) is 54.6 Å². The number of imide groups is 1. The van der Waals surface area contributed by atoms with Gasteiger partial charge in [0.25, 0.3) is 11.8 Å². The molecule has 166 valence electrons. The van der Waals surface area contributed by atoms with E-state index in [0.717, 1.165) is 10.8 Å². The van der Waals surface area contributed by atoms with E-state index in [2.05, 4.69) is 10.6 Å². The van der Waals surface area contributed by atoms with E-state index in [0.29, 0.717) is 22.4 Å². The van der Waals surface area contributed by atoms with Crippen LogP contribution in [0, 0.1) is 0 Å². The summed E-state index contributed by atoms with van der Waals surface area (Å²) in [5.74, 6) is -1.25. The van der Waals surface area contributed by atoms with Crippen molar-refractivity contribution in [2.24, 2.45) is 0 Å². The number of hydrogen-bond donors (Lipinski definition) is 2. The normalized spacial score (nSPS) is 19.4. The zero-order valence-corrected chi connectivity index (χ0v) is 17.4. The monoisotopic (exact) mass is 446 g/mol. The maximum absolute atomic E-state index is 12.9. The van der Waals surface area contributed by atoms with E-state index < -0.39 is 19.0 Å². The van der Waals surface area contributed by atoms with Crippen LogP contribution in [0.4, 0.5) is 5.69 Å². The van der Waals surface area contributed by atoms with Gasteiger partial charge < -0.3 is 15.0 Å². The zero-order chi connectivity index (χ0) is 25.6. The van der Waals surface area contributed by atoms with Gasteiger partial charge in [-0.05, 0) is 65.2 Å². The number of rotatable bonds is 4. The van der Waals surface area contributed by atoms with Gasteiger partial charge in [-0.1, -0.05) is 12.1 Å². The van der Waals surface area contributed by atoms with E-state index in [1.807, 2.05) is 0 Å². The number of methoxy groups -OCH3 is 1. The Kier molecular flexibility index (Phi) is 4.24. The molecular weight excluding hydrogens is 422 g/mol. The molecule has 5 rings (SSSR count). The Hall–Kier alpha value is -4.20. The van der Waals surface area contributed by atoms with E-state index in [1.165, 1.54) is 11.0 Å². The van der Waals surface area contributed by atoms with Crippen molar-refractivity contribution in [1.82, 2.24) is 10.2 Å². The molecule has 1 unspecified atom stereocenters. The third-order valence-electron chi connectivity index (χ3n) is 5.97. The van der Waals surface area contributed by atoms with E-state index >= 15 is 0 Å². The van der Waals surface area contributed by atoms with Crippen molar-refractivity contribution < 1.29 is 28.0 Å². The Morgan fingerprint density at radius 3 is 2.73 bits per heavy atom. The number of carbonyl (C=O) groups is 4. The predicted octanol–water partition coefficient (Wildman–Crippen LogP) is 2.86. The molecule has 33 heavy (non-hydrogen) atoms. The Labute approximate surface area is 193 Å². The number of fused-ring (bicyclic) bond motifs is 2. The van der Waals surface area contributed by atoms with E-state index in [1.54, 1.807) is 48.5 Å². The third-order valence-corrected chi connectivity index (χ3v) is 5.97. The third kappa shape index (κ3) is 3.80. The lowest BCUT2D eigenvalue weighted by Crippen LogP contribution is -2.52. The van der Waals surface area contributed by atoms with Crippen molar-refractivity contribution in [1.29, 1.82) is 0 Å². The molecule has 0 aliphatic carbocycles. The van der Waals surface area contributed by atoms with Gasteiger partial charge in [-0.2, -0.15) is 0 Å². The second kappa shape index (κ2) is 8.05. The molecule has 0 aromatic heterocycles. The molecule has 2 N–H and O–H groups in total. The maximum atomic E-state index is 12.9. The van der Waals surface area contributed by atoms with Crippen LogP contribution in [0.25, 0.3) is 10.8 Å². The lowest BCUT2D eigenvalue weighted by molar-refractivity contribution is -0.136. The highest BCUT2D eigenvalue weighted by molar-refractivity contribution is 6.08. The molecular formula is C25H21N3O5. The number of anilines is 1. The second-order valence-corrected chi connectivity index (χ2v) is 8.05. The highest BCUT2D eigenvalue weighted by Crippen LogP contribution is 2.30. The fraction of sp³-hybridized carbons (Fsp3) is 0.200. The topological polar surface area (TPSA) is 105 Å². The molecule has 2 aliphatic rings. The van der Waals surface area contributed by atoms with Crippen molar-refractivity contribution in [3.8, 4) is 5.75 Å². The molecule has 8 heteroatoms. The van der Waals surface area contributed by atoms with Gasteiger partial charge in [0.15, 0.2) is 0 Å². The number of ether oxygens (including phenoxy) is 1. The summed E-state index contributed by atoms with van der Waals surface area (Å²) in [5, 5.41) is 6.56. The molecule has 3 aromatic rings. The lowest BCUT2D eigenvalue weighted by Gasteiger charge is -2.29. The Morgan fingerprint density at radius 1 is 1.09 bits per heavy atom. The first-order chi connectivity index (χ1) is 17.1. The number of piperidine rings is 1. The minimum absolute atomic E-state index is 0.178. The van der Waals surface area contributed by atoms with E-state index in [-0.39, 0.29) is 42.9 Å². The number of nitrogens with one attached hydrogen (secondary N) is 2. The average Bonchev–Trinajstić information content (AvgIpc) is 3.13. The number of carbonyl (C=O) groups excluding carboxylic acids is 4. The Balaban J connectivity index is 1.30. The molecule has 1 saturated heterocycles. The summed E-state index contributed by atoms with van der Waals surface area (Å²) in [6, 6.07) is 14.1. The summed E-state index contributed by atoms with van der Waals surface area (Å²) in [6.07, 6.45) is 0.456. The van der Waals surface area contributed by atoms with Crippen LogP contribution in [-0.4, -0.2) is 41.6 Å². The molecule has 3 aromatic carbocycles. The molecule has 4 amide bonds. The summed E-state index contributed by atoms with van der Waals surface area (Å²) in [6.45, 7) is 0.209. The number of benzene rings is 3. The Morgan fingerprint density at radius 2 is 1.91 bits per heavy atom. The van der Waals surface area contributed by atoms with Crippen LogP contribution >= 0.6 is 0 Å². The van der Waals surface area contributed by atoms with Gasteiger partial charge in [0.1, 0.15) is 11.8 Å². The molecule has 1 atom stereocenters. The first kappa shape index (κ1) is 17.4. The van der Waals surface area contributed by atoms with E-state index in [9.17, 15) is 19.2 Å². The first-order valence-corrected chi connectivity index (χ1v) is 10.4. The standard InChI is InChI=1S/C25H21N3O5/c1-33-19-6-4-14-10-16(3-2-15(14)12-19)23(30)26-18-5-7-20-17(11-18)13-28(25(20)32)21-8-9-22(29)27-24(21)31/h2-7,10-12,21H,8-9,13H2,1H3,(H,26,30)(H,27,29,31)/i1D3. The minimum atomic E-state index is -2.55. The van der Waals surface area contributed by atoms with Gasteiger partial charge >= 0.3 is 0 Å². The molecule has 2 aliphatic heterocycles. The largest absolute Gasteiger partial charge is 0.497 e.